The zero-order chi connectivity index (χ0) is 14.7. The summed E-state index contributed by atoms with van der Waals surface area (Å²) in [5, 5.41) is 0.814. The number of hydrogen-bond donors (Lipinski definition) is 1. The molecule has 112 valence electrons. The SMILES string of the molecule is CC(N)C(c1ccccc1Cl)N(C)C1CCN(C)CC1. The first kappa shape index (κ1) is 15.8. The lowest BCUT2D eigenvalue weighted by Gasteiger charge is -2.41. The Hall–Kier alpha value is -0.610. The minimum absolute atomic E-state index is 0.0551. The van der Waals surface area contributed by atoms with E-state index in [1.165, 1.54) is 12.8 Å². The van der Waals surface area contributed by atoms with E-state index in [0.29, 0.717) is 6.04 Å². The number of piperidine rings is 1. The van der Waals surface area contributed by atoms with Gasteiger partial charge in [-0.3, -0.25) is 4.90 Å². The van der Waals surface area contributed by atoms with E-state index < -0.39 is 0 Å². The number of hydrogen-bond acceptors (Lipinski definition) is 3. The van der Waals surface area contributed by atoms with Crippen LogP contribution >= 0.6 is 11.6 Å². The van der Waals surface area contributed by atoms with Gasteiger partial charge in [-0.1, -0.05) is 29.8 Å². The van der Waals surface area contributed by atoms with Crippen LogP contribution in [0.1, 0.15) is 31.4 Å². The number of rotatable bonds is 4. The van der Waals surface area contributed by atoms with Crippen LogP contribution in [0.3, 0.4) is 0 Å². The summed E-state index contributed by atoms with van der Waals surface area (Å²) < 4.78 is 0. The Balaban J connectivity index is 2.18. The Morgan fingerprint density at radius 2 is 1.90 bits per heavy atom. The van der Waals surface area contributed by atoms with Crippen LogP contribution in [0.15, 0.2) is 24.3 Å². The maximum atomic E-state index is 6.38. The van der Waals surface area contributed by atoms with Crippen LogP contribution in [0, 0.1) is 0 Å². The zero-order valence-corrected chi connectivity index (χ0v) is 13.5. The molecule has 1 aliphatic rings. The van der Waals surface area contributed by atoms with Gasteiger partial charge in [-0.05, 0) is 58.6 Å². The second kappa shape index (κ2) is 6.90. The zero-order valence-electron chi connectivity index (χ0n) is 12.7. The molecule has 2 atom stereocenters. The normalized spacial score (nSPS) is 21.1. The summed E-state index contributed by atoms with van der Waals surface area (Å²) in [4.78, 5) is 4.82. The first-order valence-corrected chi connectivity index (χ1v) is 7.79. The summed E-state index contributed by atoms with van der Waals surface area (Å²) >= 11 is 6.38. The molecule has 0 radical (unpaired) electrons. The second-order valence-electron chi connectivity index (χ2n) is 6.03. The van der Waals surface area contributed by atoms with Gasteiger partial charge in [-0.25, -0.2) is 0 Å². The van der Waals surface area contributed by atoms with Gasteiger partial charge < -0.3 is 10.6 Å². The first-order chi connectivity index (χ1) is 9.50. The Labute approximate surface area is 127 Å². The molecule has 0 saturated carbocycles. The average Bonchev–Trinajstić information content (AvgIpc) is 2.41. The number of likely N-dealkylation sites (tertiary alicyclic amines) is 1. The van der Waals surface area contributed by atoms with Crippen molar-refractivity contribution in [3.8, 4) is 0 Å². The predicted octanol–water partition coefficient (Wildman–Crippen LogP) is 2.75. The minimum Gasteiger partial charge on any atom is -0.326 e. The summed E-state index contributed by atoms with van der Waals surface area (Å²) in [6, 6.07) is 8.88. The van der Waals surface area contributed by atoms with E-state index in [0.717, 1.165) is 23.7 Å². The molecule has 0 aromatic heterocycles. The molecule has 0 spiro atoms. The lowest BCUT2D eigenvalue weighted by atomic mass is 9.95. The molecular weight excluding hydrogens is 270 g/mol. The molecule has 20 heavy (non-hydrogen) atoms. The maximum Gasteiger partial charge on any atom is 0.0511 e. The van der Waals surface area contributed by atoms with Crippen molar-refractivity contribution in [2.45, 2.75) is 37.9 Å². The molecule has 2 unspecified atom stereocenters. The Morgan fingerprint density at radius 1 is 1.30 bits per heavy atom. The molecule has 1 heterocycles. The molecule has 1 aromatic carbocycles. The van der Waals surface area contributed by atoms with Crippen molar-refractivity contribution in [2.75, 3.05) is 27.2 Å². The van der Waals surface area contributed by atoms with Gasteiger partial charge in [0.05, 0.1) is 6.04 Å². The molecule has 0 amide bonds. The van der Waals surface area contributed by atoms with Crippen LogP contribution in [-0.2, 0) is 0 Å². The molecule has 1 saturated heterocycles. The van der Waals surface area contributed by atoms with Gasteiger partial charge in [0.15, 0.2) is 0 Å². The van der Waals surface area contributed by atoms with Crippen molar-refractivity contribution in [1.29, 1.82) is 0 Å². The van der Waals surface area contributed by atoms with E-state index in [1.807, 2.05) is 18.2 Å². The molecule has 0 bridgehead atoms. The summed E-state index contributed by atoms with van der Waals surface area (Å²) in [6.07, 6.45) is 2.39. The molecule has 1 aliphatic heterocycles. The standard InChI is InChI=1S/C16H26ClN3/c1-12(18)16(14-6-4-5-7-15(14)17)20(3)13-8-10-19(2)11-9-13/h4-7,12-13,16H,8-11,18H2,1-3H3. The van der Waals surface area contributed by atoms with E-state index in [-0.39, 0.29) is 12.1 Å². The highest BCUT2D eigenvalue weighted by atomic mass is 35.5. The van der Waals surface area contributed by atoms with Crippen LogP contribution < -0.4 is 5.73 Å². The Kier molecular flexibility index (Phi) is 5.44. The Bertz CT molecular complexity index is 427. The fourth-order valence-electron chi connectivity index (χ4n) is 3.22. The van der Waals surface area contributed by atoms with Crippen LogP contribution in [-0.4, -0.2) is 49.1 Å². The van der Waals surface area contributed by atoms with E-state index in [9.17, 15) is 0 Å². The second-order valence-corrected chi connectivity index (χ2v) is 6.43. The van der Waals surface area contributed by atoms with Crippen LogP contribution in [0.5, 0.6) is 0 Å². The number of nitrogens with zero attached hydrogens (tertiary/aromatic N) is 2. The highest BCUT2D eigenvalue weighted by Crippen LogP contribution is 2.32. The monoisotopic (exact) mass is 295 g/mol. The maximum absolute atomic E-state index is 6.38. The molecule has 1 fully saturated rings. The molecule has 2 N–H and O–H groups in total. The van der Waals surface area contributed by atoms with Crippen LogP contribution in [0.25, 0.3) is 0 Å². The van der Waals surface area contributed by atoms with Crippen molar-refractivity contribution in [3.05, 3.63) is 34.9 Å². The highest BCUT2D eigenvalue weighted by Gasteiger charge is 2.30. The molecule has 4 heteroatoms. The Morgan fingerprint density at radius 3 is 2.45 bits per heavy atom. The fourth-order valence-corrected chi connectivity index (χ4v) is 3.47. The van der Waals surface area contributed by atoms with Gasteiger partial charge in [0.1, 0.15) is 0 Å². The molecular formula is C16H26ClN3. The van der Waals surface area contributed by atoms with E-state index in [1.54, 1.807) is 0 Å². The lowest BCUT2D eigenvalue weighted by Crippen LogP contribution is -2.47. The van der Waals surface area contributed by atoms with Crippen molar-refractivity contribution in [2.24, 2.45) is 5.73 Å². The third kappa shape index (κ3) is 3.53. The van der Waals surface area contributed by atoms with Crippen molar-refractivity contribution in [1.82, 2.24) is 9.80 Å². The first-order valence-electron chi connectivity index (χ1n) is 7.41. The van der Waals surface area contributed by atoms with Gasteiger partial charge in [-0.2, -0.15) is 0 Å². The summed E-state index contributed by atoms with van der Waals surface area (Å²) in [5.74, 6) is 0. The smallest absolute Gasteiger partial charge is 0.0511 e. The molecule has 2 rings (SSSR count). The van der Waals surface area contributed by atoms with Gasteiger partial charge in [0.2, 0.25) is 0 Å². The molecule has 1 aromatic rings. The predicted molar refractivity (Wildman–Crippen MR) is 86.1 cm³/mol. The van der Waals surface area contributed by atoms with E-state index in [4.69, 9.17) is 17.3 Å². The van der Waals surface area contributed by atoms with Crippen molar-refractivity contribution in [3.63, 3.8) is 0 Å². The number of benzene rings is 1. The fraction of sp³-hybridized carbons (Fsp3) is 0.625. The average molecular weight is 296 g/mol. The number of halogens is 1. The topological polar surface area (TPSA) is 32.5 Å². The van der Waals surface area contributed by atoms with E-state index >= 15 is 0 Å². The van der Waals surface area contributed by atoms with Crippen molar-refractivity contribution >= 4 is 11.6 Å². The van der Waals surface area contributed by atoms with Gasteiger partial charge in [-0.15, -0.1) is 0 Å². The van der Waals surface area contributed by atoms with Gasteiger partial charge >= 0.3 is 0 Å². The minimum atomic E-state index is 0.0551. The van der Waals surface area contributed by atoms with Crippen LogP contribution in [0.2, 0.25) is 5.02 Å². The third-order valence-corrected chi connectivity index (χ3v) is 4.77. The molecule has 3 nitrogen and oxygen atoms in total. The summed E-state index contributed by atoms with van der Waals surface area (Å²) in [5.41, 5.74) is 7.41. The molecule has 0 aliphatic carbocycles. The van der Waals surface area contributed by atoms with Gasteiger partial charge in [0, 0.05) is 17.1 Å². The number of nitrogens with two attached hydrogens (primary N) is 1. The third-order valence-electron chi connectivity index (χ3n) is 4.42. The summed E-state index contributed by atoms with van der Waals surface area (Å²) in [7, 11) is 4.38. The quantitative estimate of drug-likeness (QED) is 0.927. The van der Waals surface area contributed by atoms with Gasteiger partial charge in [0.25, 0.3) is 0 Å². The lowest BCUT2D eigenvalue weighted by molar-refractivity contribution is 0.0970. The number of likely N-dealkylation sites (N-methyl/N-ethyl adjacent to an activating group) is 1. The van der Waals surface area contributed by atoms with Crippen LogP contribution in [0.4, 0.5) is 0 Å². The highest BCUT2D eigenvalue weighted by molar-refractivity contribution is 6.31. The van der Waals surface area contributed by atoms with Crippen molar-refractivity contribution < 1.29 is 0 Å². The van der Waals surface area contributed by atoms with E-state index in [2.05, 4.69) is 36.9 Å². The summed E-state index contributed by atoms with van der Waals surface area (Å²) in [6.45, 7) is 4.38. The largest absolute Gasteiger partial charge is 0.326 e.